The summed E-state index contributed by atoms with van der Waals surface area (Å²) in [5.41, 5.74) is 1.76. The number of hydrogen-bond acceptors (Lipinski definition) is 2. The second kappa shape index (κ2) is 9.16. The lowest BCUT2D eigenvalue weighted by Gasteiger charge is -2.18. The smallest absolute Gasteiger partial charge is 0.226 e. The van der Waals surface area contributed by atoms with E-state index in [4.69, 9.17) is 0 Å². The van der Waals surface area contributed by atoms with Gasteiger partial charge < -0.3 is 10.2 Å². The number of nitrogens with one attached hydrogen (secondary N) is 1. The molecule has 0 spiro atoms. The van der Waals surface area contributed by atoms with Gasteiger partial charge in [-0.25, -0.2) is 0 Å². The van der Waals surface area contributed by atoms with Gasteiger partial charge in [-0.05, 0) is 38.0 Å². The topological polar surface area (TPSA) is 49.4 Å². The first-order valence-electron chi connectivity index (χ1n) is 7.77. The number of likely N-dealkylation sites (N-methyl/N-ethyl adjacent to an activating group) is 1. The summed E-state index contributed by atoms with van der Waals surface area (Å²) in [6.07, 6.45) is 2.88. The summed E-state index contributed by atoms with van der Waals surface area (Å²) in [4.78, 5) is 25.5. The van der Waals surface area contributed by atoms with E-state index in [9.17, 15) is 9.59 Å². The van der Waals surface area contributed by atoms with Crippen LogP contribution in [0.1, 0.15) is 45.6 Å². The van der Waals surface area contributed by atoms with Gasteiger partial charge in [0.2, 0.25) is 11.8 Å². The van der Waals surface area contributed by atoms with Crippen LogP contribution < -0.4 is 5.32 Å². The number of hydrogen-bond donors (Lipinski definition) is 1. The molecular formula is C17H26N2O2. The average molecular weight is 290 g/mol. The van der Waals surface area contributed by atoms with Gasteiger partial charge in [0.1, 0.15) is 0 Å². The molecule has 1 aromatic carbocycles. The monoisotopic (exact) mass is 290 g/mol. The van der Waals surface area contributed by atoms with Crippen molar-refractivity contribution in [3.05, 3.63) is 29.8 Å². The molecule has 0 saturated heterocycles. The van der Waals surface area contributed by atoms with Crippen LogP contribution in [0.4, 0.5) is 5.69 Å². The van der Waals surface area contributed by atoms with Crippen LogP contribution in [0.2, 0.25) is 0 Å². The van der Waals surface area contributed by atoms with Gasteiger partial charge in [-0.1, -0.05) is 25.5 Å². The van der Waals surface area contributed by atoms with Crippen LogP contribution in [0, 0.1) is 0 Å². The van der Waals surface area contributed by atoms with Gasteiger partial charge in [0, 0.05) is 25.2 Å². The predicted molar refractivity (Wildman–Crippen MR) is 86.2 cm³/mol. The van der Waals surface area contributed by atoms with Gasteiger partial charge in [-0.3, -0.25) is 9.59 Å². The maximum absolute atomic E-state index is 12.0. The van der Waals surface area contributed by atoms with E-state index in [1.807, 2.05) is 43.0 Å². The number of unbranched alkanes of at least 4 members (excludes halogenated alkanes) is 1. The number of amides is 2. The molecule has 0 atom stereocenters. The molecular weight excluding hydrogens is 264 g/mol. The molecule has 1 N–H and O–H groups in total. The summed E-state index contributed by atoms with van der Waals surface area (Å²) in [5.74, 6) is 0.184. The van der Waals surface area contributed by atoms with Gasteiger partial charge in [0.25, 0.3) is 0 Å². The Morgan fingerprint density at radius 2 is 1.67 bits per heavy atom. The first-order valence-corrected chi connectivity index (χ1v) is 7.77. The molecule has 0 aliphatic carbocycles. The van der Waals surface area contributed by atoms with Crippen LogP contribution in [0.25, 0.3) is 0 Å². The summed E-state index contributed by atoms with van der Waals surface area (Å²) in [7, 11) is 0. The molecule has 0 fully saturated rings. The molecule has 4 heteroatoms. The number of anilines is 1. The van der Waals surface area contributed by atoms with Crippen LogP contribution in [-0.4, -0.2) is 29.8 Å². The summed E-state index contributed by atoms with van der Waals surface area (Å²) in [5, 5.41) is 2.87. The fraction of sp³-hybridized carbons (Fsp3) is 0.529. The highest BCUT2D eigenvalue weighted by Gasteiger charge is 2.10. The Kier molecular flexibility index (Phi) is 7.51. The quantitative estimate of drug-likeness (QED) is 0.799. The molecule has 0 saturated carbocycles. The fourth-order valence-electron chi connectivity index (χ4n) is 2.13. The Bertz CT molecular complexity index is 450. The normalized spacial score (nSPS) is 10.2. The SMILES string of the molecule is CCCCC(=O)Nc1ccc(CC(=O)N(CC)CC)cc1. The molecule has 0 aliphatic heterocycles. The molecule has 0 unspecified atom stereocenters. The van der Waals surface area contributed by atoms with Crippen molar-refractivity contribution in [2.45, 2.75) is 46.5 Å². The fourth-order valence-corrected chi connectivity index (χ4v) is 2.13. The van der Waals surface area contributed by atoms with E-state index in [0.717, 1.165) is 37.2 Å². The maximum atomic E-state index is 12.0. The summed E-state index contributed by atoms with van der Waals surface area (Å²) in [6, 6.07) is 7.51. The summed E-state index contributed by atoms with van der Waals surface area (Å²) in [6.45, 7) is 7.50. The highest BCUT2D eigenvalue weighted by atomic mass is 16.2. The maximum Gasteiger partial charge on any atom is 0.226 e. The zero-order chi connectivity index (χ0) is 15.7. The molecule has 2 amide bonds. The molecule has 116 valence electrons. The van der Waals surface area contributed by atoms with Gasteiger partial charge in [-0.2, -0.15) is 0 Å². The highest BCUT2D eigenvalue weighted by Crippen LogP contribution is 2.12. The van der Waals surface area contributed by atoms with E-state index in [1.54, 1.807) is 0 Å². The van der Waals surface area contributed by atoms with E-state index in [1.165, 1.54) is 0 Å². The minimum atomic E-state index is 0.0452. The van der Waals surface area contributed by atoms with Gasteiger partial charge in [0.05, 0.1) is 6.42 Å². The van der Waals surface area contributed by atoms with Crippen molar-refractivity contribution in [3.63, 3.8) is 0 Å². The molecule has 0 aliphatic rings. The number of rotatable bonds is 8. The summed E-state index contributed by atoms with van der Waals surface area (Å²) >= 11 is 0. The van der Waals surface area contributed by atoms with Gasteiger partial charge in [0.15, 0.2) is 0 Å². The average Bonchev–Trinajstić information content (AvgIpc) is 2.48. The van der Waals surface area contributed by atoms with Crippen molar-refractivity contribution in [3.8, 4) is 0 Å². The van der Waals surface area contributed by atoms with E-state index in [0.29, 0.717) is 12.8 Å². The third kappa shape index (κ3) is 5.98. The van der Waals surface area contributed by atoms with Gasteiger partial charge >= 0.3 is 0 Å². The van der Waals surface area contributed by atoms with E-state index < -0.39 is 0 Å². The Labute approximate surface area is 127 Å². The third-order valence-corrected chi connectivity index (χ3v) is 3.47. The van der Waals surface area contributed by atoms with Crippen molar-refractivity contribution in [1.29, 1.82) is 0 Å². The minimum absolute atomic E-state index is 0.0452. The molecule has 0 bridgehead atoms. The molecule has 1 aromatic rings. The zero-order valence-electron chi connectivity index (χ0n) is 13.3. The second-order valence-corrected chi connectivity index (χ2v) is 5.09. The Morgan fingerprint density at radius 3 is 2.19 bits per heavy atom. The molecule has 0 heterocycles. The van der Waals surface area contributed by atoms with Crippen molar-refractivity contribution >= 4 is 17.5 Å². The Hall–Kier alpha value is -1.84. The van der Waals surface area contributed by atoms with Crippen LogP contribution in [0.15, 0.2) is 24.3 Å². The zero-order valence-corrected chi connectivity index (χ0v) is 13.3. The standard InChI is InChI=1S/C17H26N2O2/c1-4-7-8-16(20)18-15-11-9-14(10-12-15)13-17(21)19(5-2)6-3/h9-12H,4-8,13H2,1-3H3,(H,18,20). The van der Waals surface area contributed by atoms with E-state index in [-0.39, 0.29) is 11.8 Å². The number of carbonyl (C=O) groups excluding carboxylic acids is 2. The first kappa shape index (κ1) is 17.2. The van der Waals surface area contributed by atoms with Crippen molar-refractivity contribution in [2.75, 3.05) is 18.4 Å². The lowest BCUT2D eigenvalue weighted by atomic mass is 10.1. The van der Waals surface area contributed by atoms with Crippen LogP contribution >= 0.6 is 0 Å². The minimum Gasteiger partial charge on any atom is -0.343 e. The van der Waals surface area contributed by atoms with Crippen LogP contribution in [-0.2, 0) is 16.0 Å². The summed E-state index contributed by atoms with van der Waals surface area (Å²) < 4.78 is 0. The molecule has 0 radical (unpaired) electrons. The third-order valence-electron chi connectivity index (χ3n) is 3.47. The van der Waals surface area contributed by atoms with Crippen LogP contribution in [0.5, 0.6) is 0 Å². The molecule has 21 heavy (non-hydrogen) atoms. The lowest BCUT2D eigenvalue weighted by molar-refractivity contribution is -0.130. The second-order valence-electron chi connectivity index (χ2n) is 5.09. The van der Waals surface area contributed by atoms with E-state index in [2.05, 4.69) is 12.2 Å². The van der Waals surface area contributed by atoms with Crippen molar-refractivity contribution in [1.82, 2.24) is 4.90 Å². The van der Waals surface area contributed by atoms with Crippen molar-refractivity contribution in [2.24, 2.45) is 0 Å². The number of carbonyl (C=O) groups is 2. The van der Waals surface area contributed by atoms with Crippen LogP contribution in [0.3, 0.4) is 0 Å². The highest BCUT2D eigenvalue weighted by molar-refractivity contribution is 5.90. The molecule has 1 rings (SSSR count). The van der Waals surface area contributed by atoms with Gasteiger partial charge in [-0.15, -0.1) is 0 Å². The Balaban J connectivity index is 2.54. The number of benzene rings is 1. The Morgan fingerprint density at radius 1 is 1.05 bits per heavy atom. The lowest BCUT2D eigenvalue weighted by Crippen LogP contribution is -2.31. The predicted octanol–water partition coefficient (Wildman–Crippen LogP) is 3.23. The molecule has 0 aromatic heterocycles. The van der Waals surface area contributed by atoms with E-state index >= 15 is 0 Å². The number of nitrogens with zero attached hydrogens (tertiary/aromatic N) is 1. The van der Waals surface area contributed by atoms with Crippen molar-refractivity contribution < 1.29 is 9.59 Å². The molecule has 4 nitrogen and oxygen atoms in total. The first-order chi connectivity index (χ1) is 10.1. The largest absolute Gasteiger partial charge is 0.343 e.